The molecule has 7 nitrogen and oxygen atoms in total. The van der Waals surface area contributed by atoms with Gasteiger partial charge < -0.3 is 20.3 Å². The van der Waals surface area contributed by atoms with Crippen molar-refractivity contribution in [2.24, 2.45) is 0 Å². The van der Waals surface area contributed by atoms with E-state index >= 15 is 0 Å². The number of esters is 1. The van der Waals surface area contributed by atoms with Gasteiger partial charge in [-0.2, -0.15) is 0 Å². The quantitative estimate of drug-likeness (QED) is 0.0867. The molecular weight excluding hydrogens is 526 g/mol. The van der Waals surface area contributed by atoms with Gasteiger partial charge in [0.15, 0.2) is 0 Å². The van der Waals surface area contributed by atoms with Gasteiger partial charge in [0.05, 0.1) is 24.9 Å². The summed E-state index contributed by atoms with van der Waals surface area (Å²) in [4.78, 5) is 35.3. The first-order valence-corrected chi connectivity index (χ1v) is 15.3. The van der Waals surface area contributed by atoms with Crippen molar-refractivity contribution < 1.29 is 29.3 Å². The molecule has 0 saturated heterocycles. The molecule has 0 heterocycles. The zero-order chi connectivity index (χ0) is 29.2. The summed E-state index contributed by atoms with van der Waals surface area (Å²) < 4.78 is 4.73. The summed E-state index contributed by atoms with van der Waals surface area (Å²) >= 11 is 1.50. The number of hydrogen-bond donors (Lipinski definition) is 3. The van der Waals surface area contributed by atoms with E-state index < -0.39 is 12.1 Å². The van der Waals surface area contributed by atoms with Crippen LogP contribution >= 0.6 is 11.8 Å². The number of thioether (sulfide) groups is 1. The van der Waals surface area contributed by atoms with Crippen LogP contribution in [-0.2, 0) is 25.5 Å². The average molecular weight is 572 g/mol. The fraction of sp³-hybridized carbons (Fsp3) is 0.531. The third kappa shape index (κ3) is 13.5. The number of hydrogen-bond acceptors (Lipinski definition) is 6. The lowest BCUT2D eigenvalue weighted by atomic mass is 9.99. The molecule has 0 aliphatic carbocycles. The monoisotopic (exact) mass is 571 g/mol. The average Bonchev–Trinajstić information content (AvgIpc) is 2.94. The summed E-state index contributed by atoms with van der Waals surface area (Å²) in [5, 5.41) is 22.5. The lowest BCUT2D eigenvalue weighted by Crippen LogP contribution is -2.17. The fourth-order valence-electron chi connectivity index (χ4n) is 4.48. The molecule has 1 amide bonds. The third-order valence-corrected chi connectivity index (χ3v) is 8.15. The SMILES string of the molecule is CCCCCCCCCc1ccc(C(Sc2cccc(NC(=O)CCC(=O)O)c2)C(O)CCCC(=O)OC)cc1. The van der Waals surface area contributed by atoms with Crippen LogP contribution in [0.4, 0.5) is 5.69 Å². The largest absolute Gasteiger partial charge is 0.481 e. The predicted molar refractivity (Wildman–Crippen MR) is 161 cm³/mol. The van der Waals surface area contributed by atoms with Crippen LogP contribution in [0.5, 0.6) is 0 Å². The topological polar surface area (TPSA) is 113 Å². The second-order valence-corrected chi connectivity index (χ2v) is 11.4. The second kappa shape index (κ2) is 19.3. The molecule has 2 atom stereocenters. The molecule has 2 aromatic rings. The number of amides is 1. The molecule has 2 unspecified atom stereocenters. The Bertz CT molecular complexity index is 1040. The number of anilines is 1. The van der Waals surface area contributed by atoms with Gasteiger partial charge in [-0.3, -0.25) is 14.4 Å². The minimum absolute atomic E-state index is 0.0978. The molecule has 0 aliphatic heterocycles. The molecule has 2 aromatic carbocycles. The van der Waals surface area contributed by atoms with E-state index in [4.69, 9.17) is 9.84 Å². The van der Waals surface area contributed by atoms with Gasteiger partial charge in [-0.15, -0.1) is 11.8 Å². The zero-order valence-electron chi connectivity index (χ0n) is 23.9. The molecule has 0 spiro atoms. The van der Waals surface area contributed by atoms with Crippen LogP contribution in [0.1, 0.15) is 100 Å². The van der Waals surface area contributed by atoms with E-state index in [1.165, 1.54) is 69.4 Å². The van der Waals surface area contributed by atoms with E-state index in [0.29, 0.717) is 18.5 Å². The number of methoxy groups -OCH3 is 1. The Morgan fingerprint density at radius 2 is 1.60 bits per heavy atom. The summed E-state index contributed by atoms with van der Waals surface area (Å²) in [5.41, 5.74) is 2.85. The molecule has 8 heteroatoms. The Morgan fingerprint density at radius 1 is 0.900 bits per heavy atom. The van der Waals surface area contributed by atoms with Gasteiger partial charge in [-0.1, -0.05) is 75.8 Å². The highest BCUT2D eigenvalue weighted by atomic mass is 32.2. The van der Waals surface area contributed by atoms with Crippen LogP contribution in [0.3, 0.4) is 0 Å². The normalized spacial score (nSPS) is 12.5. The maximum absolute atomic E-state index is 12.1. The van der Waals surface area contributed by atoms with E-state index in [1.807, 2.05) is 18.2 Å². The van der Waals surface area contributed by atoms with Gasteiger partial charge in [0.2, 0.25) is 5.91 Å². The Hall–Kier alpha value is -2.84. The lowest BCUT2D eigenvalue weighted by molar-refractivity contribution is -0.141. The molecule has 40 heavy (non-hydrogen) atoms. The van der Waals surface area contributed by atoms with Crippen LogP contribution < -0.4 is 5.32 Å². The van der Waals surface area contributed by atoms with Gasteiger partial charge in [0.25, 0.3) is 0 Å². The molecule has 0 bridgehead atoms. The Labute approximate surface area is 243 Å². The standard InChI is InChI=1S/C32H45NO6S/c1-3-4-5-6-7-8-9-12-24-17-19-25(20-18-24)32(28(34)15-11-16-31(38)39-2)40-27-14-10-13-26(23-27)33-29(35)21-22-30(36)37/h10,13-14,17-20,23,28,32,34H,3-9,11-12,15-16,21-22H2,1-2H3,(H,33,35)(H,36,37). The minimum atomic E-state index is -1.02. The maximum Gasteiger partial charge on any atom is 0.305 e. The van der Waals surface area contributed by atoms with Crippen molar-refractivity contribution >= 4 is 35.3 Å². The number of aliphatic hydroxyl groups excluding tert-OH is 1. The van der Waals surface area contributed by atoms with Gasteiger partial charge in [0, 0.05) is 23.4 Å². The number of carbonyl (C=O) groups excluding carboxylic acids is 2. The fourth-order valence-corrected chi connectivity index (χ4v) is 5.71. The number of unbranched alkanes of at least 4 members (excludes halogenated alkanes) is 6. The molecule has 2 rings (SSSR count). The number of nitrogens with one attached hydrogen (secondary N) is 1. The molecule has 0 fully saturated rings. The van der Waals surface area contributed by atoms with Gasteiger partial charge >= 0.3 is 11.9 Å². The van der Waals surface area contributed by atoms with Crippen molar-refractivity contribution in [3.63, 3.8) is 0 Å². The summed E-state index contributed by atoms with van der Waals surface area (Å²) in [6, 6.07) is 15.8. The zero-order valence-corrected chi connectivity index (χ0v) is 24.7. The summed E-state index contributed by atoms with van der Waals surface area (Å²) in [6.07, 6.45) is 10.1. The first-order valence-electron chi connectivity index (χ1n) is 14.4. The van der Waals surface area contributed by atoms with Crippen molar-refractivity contribution in [2.45, 2.75) is 107 Å². The molecule has 0 saturated carbocycles. The second-order valence-electron chi connectivity index (χ2n) is 10.2. The highest BCUT2D eigenvalue weighted by molar-refractivity contribution is 7.99. The number of ether oxygens (including phenoxy) is 1. The van der Waals surface area contributed by atoms with Crippen molar-refractivity contribution in [3.05, 3.63) is 59.7 Å². The van der Waals surface area contributed by atoms with Crippen LogP contribution in [0.15, 0.2) is 53.4 Å². The van der Waals surface area contributed by atoms with Crippen LogP contribution in [-0.4, -0.2) is 41.3 Å². The van der Waals surface area contributed by atoms with E-state index in [2.05, 4.69) is 36.5 Å². The molecule has 220 valence electrons. The molecule has 0 aliphatic rings. The third-order valence-electron chi connectivity index (χ3n) is 6.78. The van der Waals surface area contributed by atoms with Crippen LogP contribution in [0.2, 0.25) is 0 Å². The number of carboxylic acids is 1. The van der Waals surface area contributed by atoms with E-state index in [0.717, 1.165) is 16.9 Å². The first kappa shape index (κ1) is 33.4. The number of aryl methyl sites for hydroxylation is 1. The van der Waals surface area contributed by atoms with Gasteiger partial charge in [-0.25, -0.2) is 0 Å². The number of carboxylic acid groups (broad SMARTS) is 1. The Balaban J connectivity index is 2.06. The lowest BCUT2D eigenvalue weighted by Gasteiger charge is -2.24. The number of aliphatic hydroxyl groups is 1. The number of carbonyl (C=O) groups is 3. The Kier molecular flexibility index (Phi) is 16.1. The van der Waals surface area contributed by atoms with Crippen LogP contribution in [0, 0.1) is 0 Å². The number of rotatable bonds is 20. The van der Waals surface area contributed by atoms with Crippen LogP contribution in [0.25, 0.3) is 0 Å². The summed E-state index contributed by atoms with van der Waals surface area (Å²) in [6.45, 7) is 2.23. The van der Waals surface area contributed by atoms with Crippen molar-refractivity contribution in [1.29, 1.82) is 0 Å². The summed E-state index contributed by atoms with van der Waals surface area (Å²) in [5.74, 6) is -1.67. The van der Waals surface area contributed by atoms with E-state index in [1.54, 1.807) is 6.07 Å². The molecule has 0 radical (unpaired) electrons. The molecular formula is C32H45NO6S. The Morgan fingerprint density at radius 3 is 2.27 bits per heavy atom. The van der Waals surface area contributed by atoms with E-state index in [9.17, 15) is 19.5 Å². The first-order chi connectivity index (χ1) is 19.3. The van der Waals surface area contributed by atoms with Crippen molar-refractivity contribution in [2.75, 3.05) is 12.4 Å². The number of aliphatic carboxylic acids is 1. The highest BCUT2D eigenvalue weighted by Gasteiger charge is 2.23. The highest BCUT2D eigenvalue weighted by Crippen LogP contribution is 2.40. The predicted octanol–water partition coefficient (Wildman–Crippen LogP) is 7.32. The molecule has 3 N–H and O–H groups in total. The number of benzene rings is 2. The van der Waals surface area contributed by atoms with Crippen molar-refractivity contribution in [1.82, 2.24) is 0 Å². The van der Waals surface area contributed by atoms with Gasteiger partial charge in [0.1, 0.15) is 0 Å². The molecule has 0 aromatic heterocycles. The van der Waals surface area contributed by atoms with Gasteiger partial charge in [-0.05, 0) is 55.0 Å². The van der Waals surface area contributed by atoms with Crippen molar-refractivity contribution in [3.8, 4) is 0 Å². The summed E-state index contributed by atoms with van der Waals surface area (Å²) in [7, 11) is 1.36. The smallest absolute Gasteiger partial charge is 0.305 e. The maximum atomic E-state index is 12.1. The minimum Gasteiger partial charge on any atom is -0.481 e. The van der Waals surface area contributed by atoms with E-state index in [-0.39, 0.29) is 36.4 Å².